The fourth-order valence-corrected chi connectivity index (χ4v) is 1.98. The first kappa shape index (κ1) is 15.1. The van der Waals surface area contributed by atoms with Gasteiger partial charge in [0.05, 0.1) is 25.5 Å². The van der Waals surface area contributed by atoms with Crippen molar-refractivity contribution in [2.24, 2.45) is 0 Å². The molecule has 1 aromatic heterocycles. The molecule has 2 aromatic rings. The lowest BCUT2D eigenvalue weighted by Crippen LogP contribution is -2.24. The van der Waals surface area contributed by atoms with Crippen LogP contribution in [0, 0.1) is 0 Å². The highest BCUT2D eigenvalue weighted by atomic mass is 16.5. The van der Waals surface area contributed by atoms with Gasteiger partial charge in [-0.1, -0.05) is 18.2 Å². The minimum absolute atomic E-state index is 0.143. The first-order chi connectivity index (χ1) is 10.2. The first-order valence-electron chi connectivity index (χ1n) is 6.82. The van der Waals surface area contributed by atoms with E-state index in [1.807, 2.05) is 31.3 Å². The lowest BCUT2D eigenvalue weighted by molar-refractivity contribution is 0.407. The maximum Gasteiger partial charge on any atom is 0.269 e. The quantitative estimate of drug-likeness (QED) is 0.742. The molecular formula is C15H20N4O2. The van der Waals surface area contributed by atoms with Gasteiger partial charge in [-0.05, 0) is 13.1 Å². The van der Waals surface area contributed by atoms with Gasteiger partial charge in [0.1, 0.15) is 5.75 Å². The van der Waals surface area contributed by atoms with E-state index in [9.17, 15) is 4.79 Å². The third-order valence-corrected chi connectivity index (χ3v) is 3.09. The van der Waals surface area contributed by atoms with Crippen molar-refractivity contribution < 1.29 is 4.74 Å². The van der Waals surface area contributed by atoms with E-state index in [4.69, 9.17) is 4.74 Å². The number of methoxy groups -OCH3 is 1. The number of anilines is 1. The Labute approximate surface area is 123 Å². The van der Waals surface area contributed by atoms with Gasteiger partial charge in [-0.15, -0.1) is 0 Å². The van der Waals surface area contributed by atoms with Crippen LogP contribution in [0.2, 0.25) is 0 Å². The minimum Gasteiger partial charge on any atom is -0.496 e. The Morgan fingerprint density at radius 1 is 1.29 bits per heavy atom. The molecule has 0 radical (unpaired) electrons. The van der Waals surface area contributed by atoms with Crippen molar-refractivity contribution in [1.82, 2.24) is 15.1 Å². The van der Waals surface area contributed by atoms with E-state index in [2.05, 4.69) is 15.7 Å². The first-order valence-corrected chi connectivity index (χ1v) is 6.82. The molecule has 6 heteroatoms. The van der Waals surface area contributed by atoms with E-state index in [0.717, 1.165) is 30.1 Å². The van der Waals surface area contributed by atoms with Gasteiger partial charge in [-0.3, -0.25) is 4.79 Å². The Kier molecular flexibility index (Phi) is 5.34. The van der Waals surface area contributed by atoms with Crippen molar-refractivity contribution in [3.8, 4) is 5.75 Å². The van der Waals surface area contributed by atoms with Crippen molar-refractivity contribution in [3.63, 3.8) is 0 Å². The van der Waals surface area contributed by atoms with Gasteiger partial charge in [-0.25, -0.2) is 4.68 Å². The SMILES string of the molecule is CNCCNc1cnn(Cc2ccccc2OC)c(=O)c1. The van der Waals surface area contributed by atoms with E-state index < -0.39 is 0 Å². The summed E-state index contributed by atoms with van der Waals surface area (Å²) in [5.74, 6) is 0.752. The molecule has 112 valence electrons. The number of ether oxygens (including phenoxy) is 1. The number of nitrogens with one attached hydrogen (secondary N) is 2. The predicted octanol–water partition coefficient (Wildman–Crippen LogP) is 0.931. The lowest BCUT2D eigenvalue weighted by atomic mass is 10.2. The zero-order valence-corrected chi connectivity index (χ0v) is 12.3. The number of aromatic nitrogens is 2. The van der Waals surface area contributed by atoms with E-state index in [1.165, 1.54) is 4.68 Å². The molecule has 21 heavy (non-hydrogen) atoms. The molecule has 2 rings (SSSR count). The van der Waals surface area contributed by atoms with Gasteiger partial charge in [0.15, 0.2) is 0 Å². The molecule has 0 saturated carbocycles. The molecule has 0 fully saturated rings. The number of hydrogen-bond acceptors (Lipinski definition) is 5. The smallest absolute Gasteiger partial charge is 0.269 e. The van der Waals surface area contributed by atoms with Crippen LogP contribution >= 0.6 is 0 Å². The summed E-state index contributed by atoms with van der Waals surface area (Å²) in [5, 5.41) is 10.4. The summed E-state index contributed by atoms with van der Waals surface area (Å²) in [6.07, 6.45) is 1.66. The Hall–Kier alpha value is -2.34. The molecule has 0 aliphatic rings. The summed E-state index contributed by atoms with van der Waals surface area (Å²) in [6, 6.07) is 9.15. The van der Waals surface area contributed by atoms with Crippen molar-refractivity contribution in [3.05, 3.63) is 52.4 Å². The van der Waals surface area contributed by atoms with Gasteiger partial charge in [0.25, 0.3) is 5.56 Å². The van der Waals surface area contributed by atoms with Crippen molar-refractivity contribution in [2.75, 3.05) is 32.6 Å². The van der Waals surface area contributed by atoms with Crippen LogP contribution in [0.25, 0.3) is 0 Å². The van der Waals surface area contributed by atoms with E-state index >= 15 is 0 Å². The highest BCUT2D eigenvalue weighted by Crippen LogP contribution is 2.17. The van der Waals surface area contributed by atoms with Crippen LogP contribution in [-0.2, 0) is 6.54 Å². The van der Waals surface area contributed by atoms with E-state index in [1.54, 1.807) is 19.4 Å². The summed E-state index contributed by atoms with van der Waals surface area (Å²) in [7, 11) is 3.50. The summed E-state index contributed by atoms with van der Waals surface area (Å²) < 4.78 is 6.70. The third-order valence-electron chi connectivity index (χ3n) is 3.09. The second-order valence-corrected chi connectivity index (χ2v) is 4.58. The van der Waals surface area contributed by atoms with Crippen LogP contribution < -0.4 is 20.9 Å². The minimum atomic E-state index is -0.143. The number of hydrogen-bond donors (Lipinski definition) is 2. The van der Waals surface area contributed by atoms with Gasteiger partial charge in [0, 0.05) is 24.7 Å². The molecule has 0 bridgehead atoms. The normalized spacial score (nSPS) is 10.4. The van der Waals surface area contributed by atoms with Crippen LogP contribution in [0.4, 0.5) is 5.69 Å². The molecule has 0 aliphatic carbocycles. The summed E-state index contributed by atoms with van der Waals surface area (Å²) >= 11 is 0. The monoisotopic (exact) mass is 288 g/mol. The molecule has 6 nitrogen and oxygen atoms in total. The number of benzene rings is 1. The summed E-state index contributed by atoms with van der Waals surface area (Å²) in [6.45, 7) is 1.96. The van der Waals surface area contributed by atoms with Crippen LogP contribution in [0.1, 0.15) is 5.56 Å². The zero-order chi connectivity index (χ0) is 15.1. The average molecular weight is 288 g/mol. The van der Waals surface area contributed by atoms with Crippen LogP contribution in [0.5, 0.6) is 5.75 Å². The largest absolute Gasteiger partial charge is 0.496 e. The number of likely N-dealkylation sites (N-methyl/N-ethyl adjacent to an activating group) is 1. The van der Waals surface area contributed by atoms with E-state index in [-0.39, 0.29) is 5.56 Å². The Balaban J connectivity index is 2.12. The maximum atomic E-state index is 12.1. The summed E-state index contributed by atoms with van der Waals surface area (Å²) in [4.78, 5) is 12.1. The van der Waals surface area contributed by atoms with Crippen LogP contribution in [-0.4, -0.2) is 37.0 Å². The topological polar surface area (TPSA) is 68.2 Å². The average Bonchev–Trinajstić information content (AvgIpc) is 2.50. The Morgan fingerprint density at radius 2 is 2.10 bits per heavy atom. The molecular weight excluding hydrogens is 268 g/mol. The molecule has 0 amide bonds. The van der Waals surface area contributed by atoms with Crippen molar-refractivity contribution in [1.29, 1.82) is 0 Å². The third kappa shape index (κ3) is 4.06. The fraction of sp³-hybridized carbons (Fsp3) is 0.333. The van der Waals surface area contributed by atoms with Gasteiger partial charge < -0.3 is 15.4 Å². The number of nitrogens with zero attached hydrogens (tertiary/aromatic N) is 2. The molecule has 0 spiro atoms. The molecule has 2 N–H and O–H groups in total. The molecule has 0 aliphatic heterocycles. The maximum absolute atomic E-state index is 12.1. The van der Waals surface area contributed by atoms with Crippen molar-refractivity contribution in [2.45, 2.75) is 6.54 Å². The molecule has 1 aromatic carbocycles. The zero-order valence-electron chi connectivity index (χ0n) is 12.3. The number of para-hydroxylation sites is 1. The van der Waals surface area contributed by atoms with Gasteiger partial charge in [0.2, 0.25) is 0 Å². The molecule has 0 unspecified atom stereocenters. The lowest BCUT2D eigenvalue weighted by Gasteiger charge is -2.10. The van der Waals surface area contributed by atoms with Crippen LogP contribution in [0.15, 0.2) is 41.3 Å². The summed E-state index contributed by atoms with van der Waals surface area (Å²) in [5.41, 5.74) is 1.51. The molecule has 0 atom stereocenters. The number of rotatable bonds is 7. The second kappa shape index (κ2) is 7.44. The van der Waals surface area contributed by atoms with E-state index in [0.29, 0.717) is 6.54 Å². The van der Waals surface area contributed by atoms with Crippen molar-refractivity contribution >= 4 is 5.69 Å². The van der Waals surface area contributed by atoms with Crippen LogP contribution in [0.3, 0.4) is 0 Å². The molecule has 0 saturated heterocycles. The highest BCUT2D eigenvalue weighted by Gasteiger charge is 2.05. The fourth-order valence-electron chi connectivity index (χ4n) is 1.98. The standard InChI is InChI=1S/C15H20N4O2/c1-16-7-8-17-13-9-15(20)19(18-10-13)11-12-5-3-4-6-14(12)21-2/h3-6,9-10,16-17H,7-8,11H2,1-2H3. The highest BCUT2D eigenvalue weighted by molar-refractivity contribution is 5.39. The molecule has 1 heterocycles. The Morgan fingerprint density at radius 3 is 2.81 bits per heavy atom. The van der Waals surface area contributed by atoms with Gasteiger partial charge in [-0.2, -0.15) is 5.10 Å². The Bertz CT molecular complexity index is 640. The van der Waals surface area contributed by atoms with Gasteiger partial charge >= 0.3 is 0 Å². The predicted molar refractivity (Wildman–Crippen MR) is 83.0 cm³/mol. The second-order valence-electron chi connectivity index (χ2n) is 4.58.